The first kappa shape index (κ1) is 23.7. The first-order valence-electron chi connectivity index (χ1n) is 13.5. The summed E-state index contributed by atoms with van der Waals surface area (Å²) in [5.74, 6) is 1.16. The van der Waals surface area contributed by atoms with Crippen LogP contribution >= 0.6 is 0 Å². The number of hydrogen-bond donors (Lipinski definition) is 0. The van der Waals surface area contributed by atoms with E-state index in [0.29, 0.717) is 37.5 Å². The van der Waals surface area contributed by atoms with Crippen LogP contribution in [0.2, 0.25) is 0 Å². The van der Waals surface area contributed by atoms with Crippen LogP contribution in [-0.2, 0) is 34.6 Å². The number of hydrogen-bond acceptors (Lipinski definition) is 8. The number of ether oxygens (including phenoxy) is 3. The second kappa shape index (κ2) is 8.54. The van der Waals surface area contributed by atoms with Gasteiger partial charge in [-0.25, -0.2) is 4.98 Å². The molecule has 198 valence electrons. The Morgan fingerprint density at radius 3 is 2.45 bits per heavy atom. The highest BCUT2D eigenvalue weighted by atomic mass is 16.6. The smallest absolute Gasteiger partial charge is 0.316 e. The fourth-order valence-corrected chi connectivity index (χ4v) is 6.27. The molecule has 4 aliphatic heterocycles. The van der Waals surface area contributed by atoms with Crippen LogP contribution in [0, 0.1) is 0 Å². The molecule has 38 heavy (non-hydrogen) atoms. The number of carbonyl (C=O) groups is 1. The van der Waals surface area contributed by atoms with Crippen molar-refractivity contribution in [2.75, 3.05) is 46.4 Å². The molecule has 3 aromatic rings. The van der Waals surface area contributed by atoms with Crippen LogP contribution in [0.1, 0.15) is 42.5 Å². The van der Waals surface area contributed by atoms with E-state index in [0.717, 1.165) is 71.9 Å². The van der Waals surface area contributed by atoms with E-state index in [1.54, 1.807) is 0 Å². The van der Waals surface area contributed by atoms with Crippen LogP contribution in [0.3, 0.4) is 0 Å². The molecule has 0 aliphatic carbocycles. The summed E-state index contributed by atoms with van der Waals surface area (Å²) in [6.07, 6.45) is 0.553. The number of aromatic nitrogens is 2. The Kier molecular flexibility index (Phi) is 5.32. The normalized spacial score (nSPS) is 22.7. The lowest BCUT2D eigenvalue weighted by molar-refractivity contribution is -0.153. The van der Waals surface area contributed by atoms with Gasteiger partial charge in [0.2, 0.25) is 0 Å². The predicted molar refractivity (Wildman–Crippen MR) is 142 cm³/mol. The van der Waals surface area contributed by atoms with Crippen LogP contribution < -0.4 is 15.0 Å². The van der Waals surface area contributed by atoms with Crippen molar-refractivity contribution in [1.29, 1.82) is 0 Å². The van der Waals surface area contributed by atoms with Gasteiger partial charge in [-0.2, -0.15) is 0 Å². The van der Waals surface area contributed by atoms with Crippen LogP contribution in [0.15, 0.2) is 23.0 Å². The molecule has 9 heteroatoms. The molecular formula is C29H32N4O5. The van der Waals surface area contributed by atoms with Crippen molar-refractivity contribution >= 4 is 16.9 Å². The summed E-state index contributed by atoms with van der Waals surface area (Å²) in [6.45, 7) is 10.1. The van der Waals surface area contributed by atoms with Crippen molar-refractivity contribution in [3.8, 4) is 22.9 Å². The number of nitrogens with zero attached hydrogens (tertiary/aromatic N) is 4. The number of rotatable bonds is 3. The summed E-state index contributed by atoms with van der Waals surface area (Å²) in [5, 5.41) is 1.04. The quantitative estimate of drug-likeness (QED) is 0.384. The molecule has 0 bridgehead atoms. The van der Waals surface area contributed by atoms with E-state index in [1.165, 1.54) is 5.56 Å². The first-order valence-corrected chi connectivity index (χ1v) is 13.5. The van der Waals surface area contributed by atoms with Crippen molar-refractivity contribution in [2.45, 2.75) is 45.4 Å². The second-order valence-electron chi connectivity index (χ2n) is 11.1. The van der Waals surface area contributed by atoms with E-state index in [1.807, 2.05) is 30.5 Å². The fraction of sp³-hybridized carbons (Fsp3) is 0.483. The molecule has 7 rings (SSSR count). The average Bonchev–Trinajstić information content (AvgIpc) is 3.30. The summed E-state index contributed by atoms with van der Waals surface area (Å²) in [4.78, 5) is 36.5. The number of pyridine rings is 2. The Bertz CT molecular complexity index is 1560. The largest absolute Gasteiger partial charge is 0.486 e. The van der Waals surface area contributed by atoms with Gasteiger partial charge in [-0.05, 0) is 43.7 Å². The standard InChI is InChI=1S/C29H32N4O5/c1-4-29(2)21-12-23-26-19(15-33(23)27(34)20(21)16-38-28(29)35)18(14-32-7-5-31(3)6-8-32)17-11-24-25(13-22(17)30-26)37-10-9-36-24/h11-13H,4-10,14-16H2,1-3H3. The van der Waals surface area contributed by atoms with E-state index < -0.39 is 5.41 Å². The van der Waals surface area contributed by atoms with Gasteiger partial charge in [-0.3, -0.25) is 14.5 Å². The topological polar surface area (TPSA) is 86.1 Å². The van der Waals surface area contributed by atoms with Crippen molar-refractivity contribution in [1.82, 2.24) is 19.4 Å². The number of cyclic esters (lactones) is 1. The molecule has 0 saturated carbocycles. The molecule has 2 aromatic heterocycles. The highest BCUT2D eigenvalue weighted by Crippen LogP contribution is 2.43. The summed E-state index contributed by atoms with van der Waals surface area (Å²) >= 11 is 0. The first-order chi connectivity index (χ1) is 18.4. The van der Waals surface area contributed by atoms with Crippen LogP contribution in [0.4, 0.5) is 0 Å². The third-order valence-corrected chi connectivity index (χ3v) is 8.90. The molecule has 9 nitrogen and oxygen atoms in total. The maximum Gasteiger partial charge on any atom is 0.316 e. The fourth-order valence-electron chi connectivity index (χ4n) is 6.27. The van der Waals surface area contributed by atoms with Crippen LogP contribution in [0.5, 0.6) is 11.5 Å². The van der Waals surface area contributed by atoms with Gasteiger partial charge in [0.25, 0.3) is 5.56 Å². The van der Waals surface area contributed by atoms with Gasteiger partial charge < -0.3 is 23.7 Å². The van der Waals surface area contributed by atoms with Crippen LogP contribution in [-0.4, -0.2) is 71.8 Å². The number of piperazine rings is 1. The monoisotopic (exact) mass is 516 g/mol. The second-order valence-corrected chi connectivity index (χ2v) is 11.1. The van der Waals surface area contributed by atoms with Gasteiger partial charge >= 0.3 is 5.97 Å². The van der Waals surface area contributed by atoms with Crippen molar-refractivity contribution in [3.05, 3.63) is 50.8 Å². The Hall–Kier alpha value is -3.43. The Balaban J connectivity index is 1.44. The average molecular weight is 517 g/mol. The highest BCUT2D eigenvalue weighted by Gasteiger charge is 2.43. The zero-order chi connectivity index (χ0) is 26.2. The molecule has 1 unspecified atom stereocenters. The minimum Gasteiger partial charge on any atom is -0.486 e. The zero-order valence-corrected chi connectivity index (χ0v) is 22.1. The molecule has 0 spiro atoms. The van der Waals surface area contributed by atoms with E-state index >= 15 is 0 Å². The van der Waals surface area contributed by atoms with Crippen molar-refractivity contribution in [3.63, 3.8) is 0 Å². The van der Waals surface area contributed by atoms with E-state index in [9.17, 15) is 9.59 Å². The summed E-state index contributed by atoms with van der Waals surface area (Å²) in [6, 6.07) is 6.03. The maximum atomic E-state index is 13.8. The molecule has 6 heterocycles. The van der Waals surface area contributed by atoms with Gasteiger partial charge in [0.05, 0.1) is 34.4 Å². The lowest BCUT2D eigenvalue weighted by Gasteiger charge is -2.33. The number of benzene rings is 1. The third-order valence-electron chi connectivity index (χ3n) is 8.90. The van der Waals surface area contributed by atoms with Crippen molar-refractivity contribution in [2.24, 2.45) is 0 Å². The number of likely N-dealkylation sites (N-methyl/N-ethyl adjacent to an activating group) is 1. The lowest BCUT2D eigenvalue weighted by atomic mass is 9.76. The Morgan fingerprint density at radius 1 is 0.974 bits per heavy atom. The van der Waals surface area contributed by atoms with Gasteiger partial charge in [0, 0.05) is 49.7 Å². The number of carbonyl (C=O) groups excluding carboxylic acids is 1. The summed E-state index contributed by atoms with van der Waals surface area (Å²) < 4.78 is 19.1. The van der Waals surface area contributed by atoms with E-state index in [-0.39, 0.29) is 18.1 Å². The molecule has 1 saturated heterocycles. The highest BCUT2D eigenvalue weighted by molar-refractivity contribution is 5.91. The summed E-state index contributed by atoms with van der Waals surface area (Å²) in [7, 11) is 2.16. The minimum atomic E-state index is -0.852. The molecule has 4 aliphatic rings. The summed E-state index contributed by atoms with van der Waals surface area (Å²) in [5.41, 5.74) is 5.06. The number of esters is 1. The predicted octanol–water partition coefficient (Wildman–Crippen LogP) is 2.67. The molecule has 0 N–H and O–H groups in total. The van der Waals surface area contributed by atoms with E-state index in [4.69, 9.17) is 19.2 Å². The Labute approximate surface area is 220 Å². The zero-order valence-electron chi connectivity index (χ0n) is 22.1. The van der Waals surface area contributed by atoms with E-state index in [2.05, 4.69) is 22.9 Å². The molecule has 1 atom stereocenters. The lowest BCUT2D eigenvalue weighted by Crippen LogP contribution is -2.44. The van der Waals surface area contributed by atoms with Crippen molar-refractivity contribution < 1.29 is 19.0 Å². The molecule has 0 radical (unpaired) electrons. The van der Waals surface area contributed by atoms with Gasteiger partial charge in [0.1, 0.15) is 19.8 Å². The SMILES string of the molecule is CCC1(C)C(=O)OCc2c1cc1n(c2=O)Cc2c-1nc1cc3c(cc1c2CN1CCN(C)CC1)OCCO3. The molecule has 1 aromatic carbocycles. The number of fused-ring (bicyclic) bond motifs is 6. The third kappa shape index (κ3) is 3.41. The maximum absolute atomic E-state index is 13.8. The molecular weight excluding hydrogens is 484 g/mol. The van der Waals surface area contributed by atoms with Gasteiger partial charge in [-0.1, -0.05) is 6.92 Å². The Morgan fingerprint density at radius 2 is 1.71 bits per heavy atom. The van der Waals surface area contributed by atoms with Gasteiger partial charge in [-0.15, -0.1) is 0 Å². The molecule has 1 fully saturated rings. The minimum absolute atomic E-state index is 0.0180. The van der Waals surface area contributed by atoms with Gasteiger partial charge in [0.15, 0.2) is 11.5 Å². The molecule has 0 amide bonds. The van der Waals surface area contributed by atoms with Crippen LogP contribution in [0.25, 0.3) is 22.3 Å².